The van der Waals surface area contributed by atoms with Crippen LogP contribution in [0.15, 0.2) is 52.5 Å². The highest BCUT2D eigenvalue weighted by Crippen LogP contribution is 2.33. The Hall–Kier alpha value is -2.97. The van der Waals surface area contributed by atoms with Gasteiger partial charge in [0.05, 0.1) is 13.7 Å². The summed E-state index contributed by atoms with van der Waals surface area (Å²) in [6.07, 6.45) is 1.58. The van der Waals surface area contributed by atoms with Crippen molar-refractivity contribution in [2.24, 2.45) is 0 Å². The number of benzene rings is 2. The van der Waals surface area contributed by atoms with Crippen molar-refractivity contribution in [3.63, 3.8) is 0 Å². The fourth-order valence-corrected chi connectivity index (χ4v) is 3.91. The van der Waals surface area contributed by atoms with Crippen molar-refractivity contribution in [3.8, 4) is 22.9 Å². The van der Waals surface area contributed by atoms with Gasteiger partial charge in [0, 0.05) is 17.1 Å². The van der Waals surface area contributed by atoms with Crippen molar-refractivity contribution in [1.82, 2.24) is 14.8 Å². The van der Waals surface area contributed by atoms with Gasteiger partial charge >= 0.3 is 5.97 Å². The fourth-order valence-electron chi connectivity index (χ4n) is 2.90. The number of carbonyl (C=O) groups is 1. The first-order valence-corrected chi connectivity index (χ1v) is 10.8. The Morgan fingerprint density at radius 2 is 1.90 bits per heavy atom. The number of rotatable bonds is 9. The van der Waals surface area contributed by atoms with Crippen LogP contribution < -0.4 is 9.47 Å². The zero-order valence-corrected chi connectivity index (χ0v) is 18.9. The Balaban J connectivity index is 1.94. The molecule has 0 bridgehead atoms. The SMILES string of the molecule is CCOc1cc(/C=C(\Sc2nnc(-c3ccc(Cl)cc3)n2CC)C(=O)O)ccc1OC. The van der Waals surface area contributed by atoms with Gasteiger partial charge in [0.1, 0.15) is 4.91 Å². The molecular formula is C22H22ClN3O4S. The van der Waals surface area contributed by atoms with Crippen LogP contribution in [0.25, 0.3) is 17.5 Å². The van der Waals surface area contributed by atoms with E-state index in [0.717, 1.165) is 17.3 Å². The molecule has 9 heteroatoms. The normalized spacial score (nSPS) is 11.4. The molecule has 0 atom stereocenters. The Kier molecular flexibility index (Phi) is 7.59. The lowest BCUT2D eigenvalue weighted by Crippen LogP contribution is -2.03. The number of carboxylic acids is 1. The van der Waals surface area contributed by atoms with Gasteiger partial charge in [0.2, 0.25) is 0 Å². The van der Waals surface area contributed by atoms with Crippen LogP contribution in [0.5, 0.6) is 11.5 Å². The molecule has 1 aromatic heterocycles. The van der Waals surface area contributed by atoms with Crippen LogP contribution in [0.4, 0.5) is 0 Å². The van der Waals surface area contributed by atoms with Gasteiger partial charge in [-0.2, -0.15) is 0 Å². The summed E-state index contributed by atoms with van der Waals surface area (Å²) in [5.74, 6) is 0.726. The summed E-state index contributed by atoms with van der Waals surface area (Å²) in [5, 5.41) is 19.4. The minimum absolute atomic E-state index is 0.109. The number of halogens is 1. The summed E-state index contributed by atoms with van der Waals surface area (Å²) in [5.41, 5.74) is 1.53. The summed E-state index contributed by atoms with van der Waals surface area (Å²) in [4.78, 5) is 12.0. The van der Waals surface area contributed by atoms with Crippen LogP contribution in [-0.4, -0.2) is 39.6 Å². The predicted octanol–water partition coefficient (Wildman–Crippen LogP) is 5.24. The lowest BCUT2D eigenvalue weighted by molar-refractivity contribution is -0.131. The zero-order valence-electron chi connectivity index (χ0n) is 17.3. The number of hydrogen-bond acceptors (Lipinski definition) is 6. The van der Waals surface area contributed by atoms with E-state index in [1.54, 1.807) is 43.5 Å². The maximum absolute atomic E-state index is 11.9. The first-order chi connectivity index (χ1) is 15.0. The van der Waals surface area contributed by atoms with E-state index in [1.165, 1.54) is 0 Å². The summed E-state index contributed by atoms with van der Waals surface area (Å²) < 4.78 is 12.7. The summed E-state index contributed by atoms with van der Waals surface area (Å²) in [7, 11) is 1.56. The molecule has 3 rings (SSSR count). The quantitative estimate of drug-likeness (QED) is 0.345. The maximum Gasteiger partial charge on any atom is 0.342 e. The highest BCUT2D eigenvalue weighted by atomic mass is 35.5. The summed E-state index contributed by atoms with van der Waals surface area (Å²) >= 11 is 7.02. The number of nitrogens with zero attached hydrogens (tertiary/aromatic N) is 3. The van der Waals surface area contributed by atoms with Gasteiger partial charge in [-0.15, -0.1) is 10.2 Å². The van der Waals surface area contributed by atoms with Crippen molar-refractivity contribution in [2.45, 2.75) is 25.5 Å². The molecule has 0 fully saturated rings. The molecule has 0 unspecified atom stereocenters. The van der Waals surface area contributed by atoms with Gasteiger partial charge in [-0.3, -0.25) is 0 Å². The first-order valence-electron chi connectivity index (χ1n) is 9.59. The van der Waals surface area contributed by atoms with Gasteiger partial charge in [0.25, 0.3) is 0 Å². The number of ether oxygens (including phenoxy) is 2. The second-order valence-corrected chi connectivity index (χ2v) is 7.76. The fraction of sp³-hybridized carbons (Fsp3) is 0.227. The number of thioether (sulfide) groups is 1. The summed E-state index contributed by atoms with van der Waals surface area (Å²) in [6, 6.07) is 12.5. The van der Waals surface area contributed by atoms with Crippen molar-refractivity contribution in [2.75, 3.05) is 13.7 Å². The Labute approximate surface area is 189 Å². The molecule has 3 aromatic rings. The molecular weight excluding hydrogens is 438 g/mol. The number of aliphatic carboxylic acids is 1. The van der Waals surface area contributed by atoms with Crippen molar-refractivity contribution >= 4 is 35.4 Å². The molecule has 0 spiro atoms. The Morgan fingerprint density at radius 3 is 2.52 bits per heavy atom. The van der Waals surface area contributed by atoms with E-state index in [4.69, 9.17) is 21.1 Å². The van der Waals surface area contributed by atoms with E-state index in [-0.39, 0.29) is 4.91 Å². The molecule has 162 valence electrons. The molecule has 7 nitrogen and oxygen atoms in total. The Bertz CT molecular complexity index is 1100. The van der Waals surface area contributed by atoms with E-state index >= 15 is 0 Å². The third-order valence-corrected chi connectivity index (χ3v) is 5.58. The Morgan fingerprint density at radius 1 is 1.16 bits per heavy atom. The highest BCUT2D eigenvalue weighted by Gasteiger charge is 2.18. The molecule has 1 heterocycles. The van der Waals surface area contributed by atoms with Gasteiger partial charge in [0.15, 0.2) is 22.5 Å². The number of carboxylic acid groups (broad SMARTS) is 1. The number of aromatic nitrogens is 3. The minimum Gasteiger partial charge on any atom is -0.493 e. The van der Waals surface area contributed by atoms with Crippen LogP contribution in [0, 0.1) is 0 Å². The molecule has 0 aliphatic heterocycles. The largest absolute Gasteiger partial charge is 0.493 e. The maximum atomic E-state index is 11.9. The van der Waals surface area contributed by atoms with E-state index < -0.39 is 5.97 Å². The van der Waals surface area contributed by atoms with E-state index in [9.17, 15) is 9.90 Å². The van der Waals surface area contributed by atoms with Crippen LogP contribution in [0.3, 0.4) is 0 Å². The monoisotopic (exact) mass is 459 g/mol. The van der Waals surface area contributed by atoms with Crippen LogP contribution in [-0.2, 0) is 11.3 Å². The molecule has 31 heavy (non-hydrogen) atoms. The molecule has 0 aliphatic rings. The first kappa shape index (κ1) is 22.7. The number of hydrogen-bond donors (Lipinski definition) is 1. The van der Waals surface area contributed by atoms with E-state index in [2.05, 4.69) is 10.2 Å². The number of methoxy groups -OCH3 is 1. The van der Waals surface area contributed by atoms with Crippen molar-refractivity contribution < 1.29 is 19.4 Å². The molecule has 2 aromatic carbocycles. The third kappa shape index (κ3) is 5.39. The third-order valence-electron chi connectivity index (χ3n) is 4.33. The molecule has 0 radical (unpaired) electrons. The minimum atomic E-state index is -1.06. The standard InChI is InChI=1S/C22H22ClN3O4S/c1-4-26-20(15-7-9-16(23)10-8-15)24-25-22(26)31-19(21(27)28)13-14-6-11-17(29-3)18(12-14)30-5-2/h6-13H,4-5H2,1-3H3,(H,27,28)/b19-13-. The lowest BCUT2D eigenvalue weighted by atomic mass is 10.2. The molecule has 0 saturated heterocycles. The van der Waals surface area contributed by atoms with Gasteiger partial charge in [-0.05, 0) is 73.6 Å². The smallest absolute Gasteiger partial charge is 0.342 e. The van der Waals surface area contributed by atoms with Gasteiger partial charge in [-0.25, -0.2) is 4.79 Å². The van der Waals surface area contributed by atoms with Crippen LogP contribution in [0.1, 0.15) is 19.4 Å². The molecule has 0 saturated carbocycles. The van der Waals surface area contributed by atoms with E-state index in [1.807, 2.05) is 30.5 Å². The predicted molar refractivity (Wildman–Crippen MR) is 122 cm³/mol. The van der Waals surface area contributed by atoms with Crippen LogP contribution >= 0.6 is 23.4 Å². The van der Waals surface area contributed by atoms with Crippen molar-refractivity contribution in [1.29, 1.82) is 0 Å². The van der Waals surface area contributed by atoms with Crippen LogP contribution in [0.2, 0.25) is 5.02 Å². The zero-order chi connectivity index (χ0) is 22.4. The average Bonchev–Trinajstić information content (AvgIpc) is 3.16. The van der Waals surface area contributed by atoms with Gasteiger partial charge < -0.3 is 19.1 Å². The average molecular weight is 460 g/mol. The van der Waals surface area contributed by atoms with Gasteiger partial charge in [-0.1, -0.05) is 17.7 Å². The second-order valence-electron chi connectivity index (χ2n) is 6.32. The van der Waals surface area contributed by atoms with E-state index in [0.29, 0.717) is 46.2 Å². The lowest BCUT2D eigenvalue weighted by Gasteiger charge is -2.10. The highest BCUT2D eigenvalue weighted by molar-refractivity contribution is 8.04. The van der Waals surface area contributed by atoms with Crippen molar-refractivity contribution in [3.05, 3.63) is 58.0 Å². The molecule has 0 amide bonds. The second kappa shape index (κ2) is 10.4. The molecule has 1 N–H and O–H groups in total. The topological polar surface area (TPSA) is 86.5 Å². The summed E-state index contributed by atoms with van der Waals surface area (Å²) in [6.45, 7) is 4.87. The molecule has 0 aliphatic carbocycles.